The lowest BCUT2D eigenvalue weighted by Gasteiger charge is -2.40. The molecule has 0 amide bonds. The third-order valence-corrected chi connectivity index (χ3v) is 4.95. The van der Waals surface area contributed by atoms with Crippen LogP contribution in [0, 0.1) is 16.7 Å². The average molecular weight is 253 g/mol. The molecule has 2 fully saturated rings. The minimum absolute atomic E-state index is 0.526. The molecule has 0 aromatic rings. The summed E-state index contributed by atoms with van der Waals surface area (Å²) in [6.07, 6.45) is 8.13. The lowest BCUT2D eigenvalue weighted by Crippen LogP contribution is -2.42. The molecule has 2 saturated carbocycles. The van der Waals surface area contributed by atoms with Gasteiger partial charge in [0.15, 0.2) is 0 Å². The first-order valence-electron chi connectivity index (χ1n) is 7.67. The first-order valence-corrected chi connectivity index (χ1v) is 7.67. The van der Waals surface area contributed by atoms with Crippen LogP contribution in [0.3, 0.4) is 0 Å². The number of hydrogen-bond donors (Lipinski definition) is 1. The van der Waals surface area contributed by atoms with Crippen molar-refractivity contribution in [2.45, 2.75) is 65.3 Å². The Hall–Kier alpha value is -0.0800. The summed E-state index contributed by atoms with van der Waals surface area (Å²) in [6, 6.07) is 0.740. The van der Waals surface area contributed by atoms with E-state index in [1.165, 1.54) is 45.1 Å². The van der Waals surface area contributed by atoms with Crippen LogP contribution in [-0.2, 0) is 4.74 Å². The van der Waals surface area contributed by atoms with E-state index in [-0.39, 0.29) is 0 Å². The molecule has 0 saturated heterocycles. The van der Waals surface area contributed by atoms with E-state index in [1.54, 1.807) is 0 Å². The Labute approximate surface area is 113 Å². The highest BCUT2D eigenvalue weighted by Gasteiger charge is 2.42. The number of hydrogen-bond acceptors (Lipinski definition) is 2. The van der Waals surface area contributed by atoms with E-state index < -0.39 is 0 Å². The molecule has 0 radical (unpaired) electrons. The molecule has 0 aromatic heterocycles. The number of ether oxygens (including phenoxy) is 1. The van der Waals surface area contributed by atoms with Crippen LogP contribution in [0.4, 0.5) is 0 Å². The molecule has 2 aliphatic carbocycles. The molecule has 0 aliphatic heterocycles. The Balaban J connectivity index is 1.76. The van der Waals surface area contributed by atoms with E-state index in [2.05, 4.69) is 26.1 Å². The first kappa shape index (κ1) is 14.3. The lowest BCUT2D eigenvalue weighted by molar-refractivity contribution is 0.139. The molecule has 2 unspecified atom stereocenters. The van der Waals surface area contributed by atoms with Gasteiger partial charge in [-0.3, -0.25) is 0 Å². The van der Waals surface area contributed by atoms with Gasteiger partial charge in [0.05, 0.1) is 0 Å². The van der Waals surface area contributed by atoms with Gasteiger partial charge in [-0.2, -0.15) is 0 Å². The van der Waals surface area contributed by atoms with Gasteiger partial charge < -0.3 is 10.1 Å². The van der Waals surface area contributed by atoms with Crippen molar-refractivity contribution in [1.82, 2.24) is 5.32 Å². The Kier molecular flexibility index (Phi) is 4.38. The Bertz CT molecular complexity index is 270. The van der Waals surface area contributed by atoms with E-state index in [9.17, 15) is 0 Å². The minimum Gasteiger partial charge on any atom is -0.385 e. The van der Waals surface area contributed by atoms with Crippen LogP contribution in [0.1, 0.15) is 59.3 Å². The molecule has 2 rings (SSSR count). The summed E-state index contributed by atoms with van der Waals surface area (Å²) in [5, 5.41) is 3.86. The van der Waals surface area contributed by atoms with Crippen LogP contribution < -0.4 is 5.32 Å². The predicted octanol–water partition coefficient (Wildman–Crippen LogP) is 3.61. The summed E-state index contributed by atoms with van der Waals surface area (Å²) in [6.45, 7) is 9.40. The first-order chi connectivity index (χ1) is 8.45. The second-order valence-electron chi connectivity index (χ2n) is 7.73. The van der Waals surface area contributed by atoms with Gasteiger partial charge >= 0.3 is 0 Å². The highest BCUT2D eigenvalue weighted by molar-refractivity contribution is 4.96. The molecular weight excluding hydrogens is 222 g/mol. The second kappa shape index (κ2) is 5.50. The van der Waals surface area contributed by atoms with Crippen LogP contribution in [0.2, 0.25) is 0 Å². The molecule has 0 aromatic carbocycles. The molecule has 2 nitrogen and oxygen atoms in total. The van der Waals surface area contributed by atoms with Crippen molar-refractivity contribution in [3.8, 4) is 0 Å². The van der Waals surface area contributed by atoms with E-state index >= 15 is 0 Å². The second-order valence-corrected chi connectivity index (χ2v) is 7.73. The van der Waals surface area contributed by atoms with Gasteiger partial charge in [0.25, 0.3) is 0 Å². The number of methoxy groups -OCH3 is 1. The standard InChI is InChI=1S/C16H31NO/c1-13-9-14(11-15(2,3)10-13)17-12-16(5-6-16)7-8-18-4/h13-14,17H,5-12H2,1-4H3. The molecule has 2 aliphatic rings. The van der Waals surface area contributed by atoms with Crippen LogP contribution >= 0.6 is 0 Å². The van der Waals surface area contributed by atoms with Crippen molar-refractivity contribution >= 4 is 0 Å². The Morgan fingerprint density at radius 1 is 1.22 bits per heavy atom. The Morgan fingerprint density at radius 3 is 2.50 bits per heavy atom. The number of nitrogens with one attached hydrogen (secondary N) is 1. The molecular formula is C16H31NO. The molecule has 0 bridgehead atoms. The summed E-state index contributed by atoms with van der Waals surface area (Å²) in [5.41, 5.74) is 1.11. The fourth-order valence-electron chi connectivity index (χ4n) is 3.87. The Morgan fingerprint density at radius 2 is 1.94 bits per heavy atom. The summed E-state index contributed by atoms with van der Waals surface area (Å²) >= 11 is 0. The van der Waals surface area contributed by atoms with Gasteiger partial charge in [-0.1, -0.05) is 20.8 Å². The van der Waals surface area contributed by atoms with E-state index in [0.29, 0.717) is 10.8 Å². The quantitative estimate of drug-likeness (QED) is 0.781. The normalized spacial score (nSPS) is 33.3. The fraction of sp³-hybridized carbons (Fsp3) is 1.00. The zero-order chi connectivity index (χ0) is 13.2. The predicted molar refractivity (Wildman–Crippen MR) is 76.7 cm³/mol. The van der Waals surface area contributed by atoms with Crippen LogP contribution in [-0.4, -0.2) is 26.3 Å². The summed E-state index contributed by atoms with van der Waals surface area (Å²) in [5.74, 6) is 0.875. The molecule has 1 N–H and O–H groups in total. The molecule has 18 heavy (non-hydrogen) atoms. The van der Waals surface area contributed by atoms with E-state index in [4.69, 9.17) is 4.74 Å². The summed E-state index contributed by atoms with van der Waals surface area (Å²) in [4.78, 5) is 0. The zero-order valence-electron chi connectivity index (χ0n) is 12.7. The third-order valence-electron chi connectivity index (χ3n) is 4.95. The minimum atomic E-state index is 0.526. The third kappa shape index (κ3) is 3.96. The molecule has 0 heterocycles. The SMILES string of the molecule is COCCC1(CNC2CC(C)CC(C)(C)C2)CC1. The topological polar surface area (TPSA) is 21.3 Å². The smallest absolute Gasteiger partial charge is 0.0468 e. The van der Waals surface area contributed by atoms with Gasteiger partial charge in [-0.25, -0.2) is 0 Å². The zero-order valence-corrected chi connectivity index (χ0v) is 12.7. The van der Waals surface area contributed by atoms with Crippen molar-refractivity contribution in [3.05, 3.63) is 0 Å². The van der Waals surface area contributed by atoms with Crippen molar-refractivity contribution in [3.63, 3.8) is 0 Å². The van der Waals surface area contributed by atoms with Gasteiger partial charge in [-0.15, -0.1) is 0 Å². The molecule has 2 heteroatoms. The highest BCUT2D eigenvalue weighted by Crippen LogP contribution is 2.48. The maximum absolute atomic E-state index is 5.23. The van der Waals surface area contributed by atoms with Crippen molar-refractivity contribution in [2.75, 3.05) is 20.3 Å². The average Bonchev–Trinajstić information content (AvgIpc) is 3.02. The monoisotopic (exact) mass is 253 g/mol. The maximum atomic E-state index is 5.23. The van der Waals surface area contributed by atoms with Crippen molar-refractivity contribution < 1.29 is 4.74 Å². The van der Waals surface area contributed by atoms with Crippen LogP contribution in [0.25, 0.3) is 0 Å². The van der Waals surface area contributed by atoms with E-state index in [1.807, 2.05) is 7.11 Å². The van der Waals surface area contributed by atoms with Crippen LogP contribution in [0.5, 0.6) is 0 Å². The maximum Gasteiger partial charge on any atom is 0.0468 e. The molecule has 2 atom stereocenters. The van der Waals surface area contributed by atoms with Crippen molar-refractivity contribution in [1.29, 1.82) is 0 Å². The van der Waals surface area contributed by atoms with Gasteiger partial charge in [0.2, 0.25) is 0 Å². The fourth-order valence-corrected chi connectivity index (χ4v) is 3.87. The summed E-state index contributed by atoms with van der Waals surface area (Å²) < 4.78 is 5.23. The largest absolute Gasteiger partial charge is 0.385 e. The lowest BCUT2D eigenvalue weighted by atomic mass is 9.70. The van der Waals surface area contributed by atoms with Crippen molar-refractivity contribution in [2.24, 2.45) is 16.7 Å². The highest BCUT2D eigenvalue weighted by atomic mass is 16.5. The van der Waals surface area contributed by atoms with E-state index in [0.717, 1.165) is 18.6 Å². The van der Waals surface area contributed by atoms with Gasteiger partial charge in [-0.05, 0) is 55.3 Å². The molecule has 0 spiro atoms. The van der Waals surface area contributed by atoms with Gasteiger partial charge in [0.1, 0.15) is 0 Å². The summed E-state index contributed by atoms with van der Waals surface area (Å²) in [7, 11) is 1.81. The van der Waals surface area contributed by atoms with Gasteiger partial charge in [0, 0.05) is 26.3 Å². The van der Waals surface area contributed by atoms with Crippen LogP contribution in [0.15, 0.2) is 0 Å². The number of rotatable bonds is 6. The molecule has 106 valence electrons.